The number of rotatable bonds is 8. The second-order valence-electron chi connectivity index (χ2n) is 7.02. The molecule has 0 radical (unpaired) electrons. The fourth-order valence-corrected chi connectivity index (χ4v) is 3.09. The summed E-state index contributed by atoms with van der Waals surface area (Å²) >= 11 is 5.66. The fraction of sp³-hybridized carbons (Fsp3) is 0.174. The van der Waals surface area contributed by atoms with E-state index in [0.717, 1.165) is 6.07 Å². The van der Waals surface area contributed by atoms with Crippen LogP contribution >= 0.6 is 11.6 Å². The highest BCUT2D eigenvalue weighted by atomic mass is 35.5. The molecule has 34 heavy (non-hydrogen) atoms. The molecule has 3 aromatic rings. The highest BCUT2D eigenvalue weighted by Crippen LogP contribution is 2.36. The van der Waals surface area contributed by atoms with E-state index in [4.69, 9.17) is 26.5 Å². The van der Waals surface area contributed by atoms with Gasteiger partial charge in [-0.2, -0.15) is 13.2 Å². The van der Waals surface area contributed by atoms with Gasteiger partial charge in [-0.1, -0.05) is 30.8 Å². The molecule has 0 spiro atoms. The smallest absolute Gasteiger partial charge is 0.433 e. The van der Waals surface area contributed by atoms with E-state index in [-0.39, 0.29) is 41.7 Å². The standard InChI is InChI=1S/C23H20ClF3N4O3/c1-12(4-5-13(2)24)11-29-21(32)20-17(10-28)34-22(31-20)15-6-8-16(33-3)19-14(15)7-9-18(30-19)23(25,26)27/h4-9H,1-2,10-11,28H2,3H3,(H,29,32)/b5-4-. The van der Waals surface area contributed by atoms with Crippen LogP contribution in [0, 0.1) is 0 Å². The number of pyridine rings is 1. The van der Waals surface area contributed by atoms with Crippen LogP contribution < -0.4 is 15.8 Å². The van der Waals surface area contributed by atoms with Gasteiger partial charge in [-0.3, -0.25) is 4.79 Å². The zero-order valence-electron chi connectivity index (χ0n) is 18.0. The Morgan fingerprint density at radius 1 is 1.24 bits per heavy atom. The molecule has 178 valence electrons. The quantitative estimate of drug-likeness (QED) is 0.430. The minimum atomic E-state index is -4.63. The number of halogens is 4. The molecule has 1 amide bonds. The zero-order valence-corrected chi connectivity index (χ0v) is 18.8. The van der Waals surface area contributed by atoms with Crippen molar-refractivity contribution in [2.24, 2.45) is 5.73 Å². The number of nitrogens with one attached hydrogen (secondary N) is 1. The number of hydrogen-bond donors (Lipinski definition) is 2. The number of methoxy groups -OCH3 is 1. The summed E-state index contributed by atoms with van der Waals surface area (Å²) in [5.74, 6) is -0.326. The summed E-state index contributed by atoms with van der Waals surface area (Å²) in [4.78, 5) is 20.6. The highest BCUT2D eigenvalue weighted by Gasteiger charge is 2.33. The van der Waals surface area contributed by atoms with Crippen LogP contribution in [-0.2, 0) is 12.7 Å². The Balaban J connectivity index is 1.98. The van der Waals surface area contributed by atoms with Gasteiger partial charge in [-0.25, -0.2) is 9.97 Å². The van der Waals surface area contributed by atoms with E-state index in [0.29, 0.717) is 21.6 Å². The average molecular weight is 493 g/mol. The molecule has 0 atom stereocenters. The lowest BCUT2D eigenvalue weighted by molar-refractivity contribution is -0.140. The van der Waals surface area contributed by atoms with E-state index < -0.39 is 17.8 Å². The molecule has 3 N–H and O–H groups in total. The lowest BCUT2D eigenvalue weighted by Gasteiger charge is -2.11. The van der Waals surface area contributed by atoms with Gasteiger partial charge >= 0.3 is 6.18 Å². The Labute approximate surface area is 197 Å². The van der Waals surface area contributed by atoms with Crippen LogP contribution in [0.15, 0.2) is 64.6 Å². The minimum absolute atomic E-state index is 0.00280. The molecule has 1 aromatic carbocycles. The van der Waals surface area contributed by atoms with Gasteiger partial charge in [0.25, 0.3) is 5.91 Å². The summed E-state index contributed by atoms with van der Waals surface area (Å²) in [7, 11) is 1.32. The van der Waals surface area contributed by atoms with Gasteiger partial charge in [0.2, 0.25) is 5.89 Å². The predicted molar refractivity (Wildman–Crippen MR) is 122 cm³/mol. The molecule has 0 bridgehead atoms. The number of fused-ring (bicyclic) bond motifs is 1. The first kappa shape index (κ1) is 25.0. The maximum absolute atomic E-state index is 13.2. The number of nitrogens with two attached hydrogens (primary N) is 1. The molecule has 7 nitrogen and oxygen atoms in total. The number of allylic oxidation sites excluding steroid dienone is 2. The molecular weight excluding hydrogens is 473 g/mol. The predicted octanol–water partition coefficient (Wildman–Crippen LogP) is 4.97. The van der Waals surface area contributed by atoms with Crippen LogP contribution in [0.4, 0.5) is 13.2 Å². The van der Waals surface area contributed by atoms with Crippen molar-refractivity contribution in [2.75, 3.05) is 13.7 Å². The van der Waals surface area contributed by atoms with Crippen molar-refractivity contribution in [3.05, 3.63) is 77.3 Å². The summed E-state index contributed by atoms with van der Waals surface area (Å²) in [6, 6.07) is 5.09. The van der Waals surface area contributed by atoms with Crippen LogP contribution in [0.1, 0.15) is 21.9 Å². The van der Waals surface area contributed by atoms with Gasteiger partial charge in [-0.15, -0.1) is 0 Å². The molecule has 3 rings (SSSR count). The molecule has 0 aliphatic carbocycles. The van der Waals surface area contributed by atoms with E-state index in [9.17, 15) is 18.0 Å². The second-order valence-corrected chi connectivity index (χ2v) is 7.51. The Hall–Kier alpha value is -3.63. The van der Waals surface area contributed by atoms with Crippen molar-refractivity contribution in [3.63, 3.8) is 0 Å². The summed E-state index contributed by atoms with van der Waals surface area (Å²) in [5, 5.41) is 3.25. The van der Waals surface area contributed by atoms with E-state index >= 15 is 0 Å². The van der Waals surface area contributed by atoms with Crippen LogP contribution in [0.25, 0.3) is 22.4 Å². The van der Waals surface area contributed by atoms with E-state index in [1.807, 2.05) is 0 Å². The molecule has 0 aliphatic rings. The fourth-order valence-electron chi connectivity index (χ4n) is 3.03. The second kappa shape index (κ2) is 10.1. The van der Waals surface area contributed by atoms with Crippen molar-refractivity contribution < 1.29 is 27.1 Å². The van der Waals surface area contributed by atoms with Gasteiger partial charge in [0.05, 0.1) is 13.7 Å². The Morgan fingerprint density at radius 2 is 1.97 bits per heavy atom. The van der Waals surface area contributed by atoms with Crippen molar-refractivity contribution in [2.45, 2.75) is 12.7 Å². The number of carbonyl (C=O) groups excluding carboxylic acids is 1. The Bertz CT molecular complexity index is 1300. The van der Waals surface area contributed by atoms with Gasteiger partial charge in [-0.05, 0) is 35.9 Å². The summed E-state index contributed by atoms with van der Waals surface area (Å²) < 4.78 is 50.4. The molecule has 0 unspecified atom stereocenters. The normalized spacial score (nSPS) is 11.7. The van der Waals surface area contributed by atoms with Gasteiger partial charge in [0.1, 0.15) is 17.0 Å². The van der Waals surface area contributed by atoms with Crippen LogP contribution in [0.5, 0.6) is 5.75 Å². The van der Waals surface area contributed by atoms with Gasteiger partial charge < -0.3 is 20.2 Å². The molecule has 2 aromatic heterocycles. The summed E-state index contributed by atoms with van der Waals surface area (Å²) in [5.41, 5.74) is 5.44. The molecule has 0 saturated carbocycles. The topological polar surface area (TPSA) is 103 Å². The largest absolute Gasteiger partial charge is 0.494 e. The maximum Gasteiger partial charge on any atom is 0.433 e. The van der Waals surface area contributed by atoms with E-state index in [2.05, 4.69) is 28.4 Å². The lowest BCUT2D eigenvalue weighted by atomic mass is 10.1. The monoisotopic (exact) mass is 492 g/mol. The summed E-state index contributed by atoms with van der Waals surface area (Å²) in [6.45, 7) is 7.28. The Kier molecular flexibility index (Phi) is 7.43. The first-order chi connectivity index (χ1) is 16.0. The summed E-state index contributed by atoms with van der Waals surface area (Å²) in [6.07, 6.45) is -1.51. The third-order valence-corrected chi connectivity index (χ3v) is 4.76. The maximum atomic E-state index is 13.2. The number of oxazole rings is 1. The molecule has 0 aliphatic heterocycles. The van der Waals surface area contributed by atoms with E-state index in [1.165, 1.54) is 25.3 Å². The number of aromatic nitrogens is 2. The van der Waals surface area contributed by atoms with Crippen molar-refractivity contribution in [1.29, 1.82) is 0 Å². The number of ether oxygens (including phenoxy) is 1. The number of nitrogens with zero attached hydrogens (tertiary/aromatic N) is 2. The van der Waals surface area contributed by atoms with Gasteiger partial charge in [0.15, 0.2) is 11.5 Å². The third kappa shape index (κ3) is 5.46. The molecule has 0 saturated heterocycles. The Morgan fingerprint density at radius 3 is 2.59 bits per heavy atom. The number of benzene rings is 1. The minimum Gasteiger partial charge on any atom is -0.494 e. The third-order valence-electron chi connectivity index (χ3n) is 4.63. The van der Waals surface area contributed by atoms with Crippen LogP contribution in [0.3, 0.4) is 0 Å². The van der Waals surface area contributed by atoms with Crippen molar-refractivity contribution in [1.82, 2.24) is 15.3 Å². The molecular formula is C23H20ClF3N4O3. The van der Waals surface area contributed by atoms with Crippen molar-refractivity contribution in [3.8, 4) is 17.2 Å². The first-order valence-corrected chi connectivity index (χ1v) is 10.2. The number of carbonyl (C=O) groups is 1. The highest BCUT2D eigenvalue weighted by molar-refractivity contribution is 6.30. The number of hydrogen-bond acceptors (Lipinski definition) is 6. The SMILES string of the molecule is C=C(Cl)/C=C\C(=C)CNC(=O)c1nc(-c2ccc(OC)c3nc(C(F)(F)F)ccc23)oc1CN. The van der Waals surface area contributed by atoms with Gasteiger partial charge in [0, 0.05) is 22.5 Å². The van der Waals surface area contributed by atoms with E-state index in [1.54, 1.807) is 12.1 Å². The van der Waals surface area contributed by atoms with Crippen molar-refractivity contribution >= 4 is 28.4 Å². The molecule has 0 fully saturated rings. The number of alkyl halides is 3. The molecule has 2 heterocycles. The number of amides is 1. The first-order valence-electron chi connectivity index (χ1n) is 9.78. The zero-order chi connectivity index (χ0) is 25.0. The average Bonchev–Trinajstić information content (AvgIpc) is 3.23. The van der Waals surface area contributed by atoms with Crippen LogP contribution in [0.2, 0.25) is 0 Å². The van der Waals surface area contributed by atoms with Crippen LogP contribution in [-0.4, -0.2) is 29.5 Å². The lowest BCUT2D eigenvalue weighted by Crippen LogP contribution is -2.26. The molecule has 11 heteroatoms.